The van der Waals surface area contributed by atoms with Gasteiger partial charge in [-0.3, -0.25) is 4.90 Å². The van der Waals surface area contributed by atoms with E-state index in [0.717, 1.165) is 25.9 Å². The zero-order valence-corrected chi connectivity index (χ0v) is 15.0. The summed E-state index contributed by atoms with van der Waals surface area (Å²) in [5.41, 5.74) is 0. The normalized spacial score (nSPS) is 33.6. The molecule has 20 heavy (non-hydrogen) atoms. The van der Waals surface area contributed by atoms with Crippen LogP contribution in [0.4, 0.5) is 0 Å². The van der Waals surface area contributed by atoms with Crippen molar-refractivity contribution in [1.82, 2.24) is 4.90 Å². The van der Waals surface area contributed by atoms with E-state index in [1.54, 1.807) is 0 Å². The summed E-state index contributed by atoms with van der Waals surface area (Å²) in [6.07, 6.45) is 5.69. The van der Waals surface area contributed by atoms with Crippen molar-refractivity contribution in [2.24, 2.45) is 0 Å². The number of nitrogens with zero attached hydrogens (tertiary/aromatic N) is 1. The average Bonchev–Trinajstić information content (AvgIpc) is 2.83. The minimum Gasteiger partial charge on any atom is -0.411 e. The van der Waals surface area contributed by atoms with Gasteiger partial charge in [0.25, 0.3) is 0 Å². The number of hydrogen-bond acceptors (Lipinski definition) is 3. The highest BCUT2D eigenvalue weighted by Gasteiger charge is 2.44. The third-order valence-corrected chi connectivity index (χ3v) is 10.1. The van der Waals surface area contributed by atoms with Crippen LogP contribution < -0.4 is 0 Å². The summed E-state index contributed by atoms with van der Waals surface area (Å²) in [5.74, 6) is 0. The zero-order valence-electron chi connectivity index (χ0n) is 14.0. The van der Waals surface area contributed by atoms with Gasteiger partial charge in [0.2, 0.25) is 0 Å². The summed E-state index contributed by atoms with van der Waals surface area (Å²) in [6, 6.07) is 0.334. The average molecular weight is 300 g/mol. The van der Waals surface area contributed by atoms with E-state index in [-0.39, 0.29) is 17.2 Å². The van der Waals surface area contributed by atoms with Crippen LogP contribution in [-0.4, -0.2) is 49.7 Å². The lowest BCUT2D eigenvalue weighted by atomic mass is 9.89. The van der Waals surface area contributed by atoms with Gasteiger partial charge in [0.15, 0.2) is 8.32 Å². The Morgan fingerprint density at radius 2 is 1.65 bits per heavy atom. The van der Waals surface area contributed by atoms with Gasteiger partial charge in [-0.1, -0.05) is 20.8 Å². The summed E-state index contributed by atoms with van der Waals surface area (Å²) < 4.78 is 6.51. The molecule has 4 heteroatoms. The smallest absolute Gasteiger partial charge is 0.192 e. The molecular weight excluding hydrogens is 266 g/mol. The molecule has 118 valence electrons. The first-order chi connectivity index (χ1) is 9.22. The van der Waals surface area contributed by atoms with Gasteiger partial charge >= 0.3 is 0 Å². The van der Waals surface area contributed by atoms with Crippen molar-refractivity contribution >= 4 is 8.32 Å². The van der Waals surface area contributed by atoms with Crippen molar-refractivity contribution in [2.75, 3.05) is 13.1 Å². The van der Waals surface area contributed by atoms with Gasteiger partial charge in [0.1, 0.15) is 0 Å². The van der Waals surface area contributed by atoms with Crippen molar-refractivity contribution < 1.29 is 9.53 Å². The van der Waals surface area contributed by atoms with Crippen molar-refractivity contribution in [3.05, 3.63) is 0 Å². The van der Waals surface area contributed by atoms with E-state index >= 15 is 0 Å². The Kier molecular flexibility index (Phi) is 5.00. The predicted octanol–water partition coefficient (Wildman–Crippen LogP) is 3.39. The molecule has 2 fully saturated rings. The lowest BCUT2D eigenvalue weighted by Gasteiger charge is -2.45. The number of aliphatic hydroxyl groups is 1. The fourth-order valence-electron chi connectivity index (χ4n) is 3.27. The van der Waals surface area contributed by atoms with Crippen LogP contribution in [0.2, 0.25) is 18.1 Å². The minimum atomic E-state index is -1.78. The van der Waals surface area contributed by atoms with Gasteiger partial charge in [0.05, 0.1) is 12.2 Å². The maximum atomic E-state index is 10.8. The molecule has 0 bridgehead atoms. The van der Waals surface area contributed by atoms with Crippen LogP contribution in [0.3, 0.4) is 0 Å². The molecule has 2 rings (SSSR count). The largest absolute Gasteiger partial charge is 0.411 e. The van der Waals surface area contributed by atoms with E-state index in [1.165, 1.54) is 19.3 Å². The maximum Gasteiger partial charge on any atom is 0.192 e. The molecule has 0 amide bonds. The van der Waals surface area contributed by atoms with E-state index in [4.69, 9.17) is 4.43 Å². The molecule has 0 aromatic heterocycles. The molecule has 1 aliphatic carbocycles. The van der Waals surface area contributed by atoms with E-state index in [9.17, 15) is 5.11 Å². The molecule has 0 radical (unpaired) electrons. The number of aliphatic hydroxyl groups excluding tert-OH is 1. The highest BCUT2D eigenvalue weighted by molar-refractivity contribution is 6.74. The number of likely N-dealkylation sites (tertiary alicyclic amines) is 1. The molecule has 3 atom stereocenters. The van der Waals surface area contributed by atoms with Crippen LogP contribution in [-0.2, 0) is 4.43 Å². The van der Waals surface area contributed by atoms with Gasteiger partial charge in [-0.05, 0) is 63.3 Å². The van der Waals surface area contributed by atoms with Gasteiger partial charge in [-0.15, -0.1) is 0 Å². The van der Waals surface area contributed by atoms with Crippen molar-refractivity contribution in [3.8, 4) is 0 Å². The monoisotopic (exact) mass is 299 g/mol. The van der Waals surface area contributed by atoms with Gasteiger partial charge in [-0.2, -0.15) is 0 Å². The van der Waals surface area contributed by atoms with Crippen LogP contribution in [0, 0.1) is 0 Å². The molecule has 0 spiro atoms. The van der Waals surface area contributed by atoms with Gasteiger partial charge in [0, 0.05) is 6.04 Å². The molecule has 1 heterocycles. The summed E-state index contributed by atoms with van der Waals surface area (Å²) in [7, 11) is -1.78. The molecule has 1 saturated carbocycles. The minimum absolute atomic E-state index is 0.0511. The Hall–Kier alpha value is 0.0969. The van der Waals surface area contributed by atoms with Gasteiger partial charge < -0.3 is 9.53 Å². The fourth-order valence-corrected chi connectivity index (χ4v) is 4.64. The van der Waals surface area contributed by atoms with Crippen LogP contribution in [0.15, 0.2) is 0 Å². The van der Waals surface area contributed by atoms with Crippen molar-refractivity contribution in [3.63, 3.8) is 0 Å². The third kappa shape index (κ3) is 3.46. The highest BCUT2D eigenvalue weighted by atomic mass is 28.4. The first-order valence-electron chi connectivity index (χ1n) is 8.32. The lowest BCUT2D eigenvalue weighted by Crippen LogP contribution is -2.55. The Balaban J connectivity index is 2.01. The third-order valence-electron chi connectivity index (χ3n) is 5.63. The Morgan fingerprint density at radius 3 is 2.20 bits per heavy atom. The number of rotatable bonds is 3. The quantitative estimate of drug-likeness (QED) is 0.811. The van der Waals surface area contributed by atoms with E-state index in [0.29, 0.717) is 6.04 Å². The van der Waals surface area contributed by atoms with Gasteiger partial charge in [-0.25, -0.2) is 0 Å². The molecule has 0 aromatic rings. The molecule has 1 saturated heterocycles. The summed E-state index contributed by atoms with van der Waals surface area (Å²) in [6.45, 7) is 13.7. The molecule has 2 aliphatic rings. The molecule has 1 N–H and O–H groups in total. The second kappa shape index (κ2) is 6.07. The van der Waals surface area contributed by atoms with Crippen LogP contribution >= 0.6 is 0 Å². The van der Waals surface area contributed by atoms with Crippen LogP contribution in [0.1, 0.15) is 52.9 Å². The second-order valence-corrected chi connectivity index (χ2v) is 12.9. The molecule has 1 aliphatic heterocycles. The number of hydrogen-bond donors (Lipinski definition) is 1. The molecule has 0 unspecified atom stereocenters. The standard InChI is InChI=1S/C16H33NO2Si/c1-16(2,3)20(4,5)19-14-10-8-9-13(15(14)18)17-11-6-7-12-17/h13-15,18H,6-12H2,1-5H3/t13-,14-,15-/m0/s1. The first kappa shape index (κ1) is 16.5. The Morgan fingerprint density at radius 1 is 1.05 bits per heavy atom. The van der Waals surface area contributed by atoms with Crippen molar-refractivity contribution in [2.45, 2.75) is 89.3 Å². The molecular formula is C16H33NO2Si. The zero-order chi connectivity index (χ0) is 15.0. The van der Waals surface area contributed by atoms with Crippen LogP contribution in [0.5, 0.6) is 0 Å². The summed E-state index contributed by atoms with van der Waals surface area (Å²) in [4.78, 5) is 2.49. The topological polar surface area (TPSA) is 32.7 Å². The maximum absolute atomic E-state index is 10.8. The fraction of sp³-hybridized carbons (Fsp3) is 1.00. The van der Waals surface area contributed by atoms with E-state index < -0.39 is 8.32 Å². The lowest BCUT2D eigenvalue weighted by molar-refractivity contribution is -0.0532. The predicted molar refractivity (Wildman–Crippen MR) is 86.5 cm³/mol. The Labute approximate surface area is 125 Å². The van der Waals surface area contributed by atoms with E-state index in [1.807, 2.05) is 0 Å². The molecule has 3 nitrogen and oxygen atoms in total. The summed E-state index contributed by atoms with van der Waals surface area (Å²) >= 11 is 0. The SMILES string of the molecule is CC(C)(C)[Si](C)(C)O[C@H]1CCC[C@H](N2CCCC2)[C@@H]1O. The second-order valence-electron chi connectivity index (χ2n) is 8.15. The van der Waals surface area contributed by atoms with E-state index in [2.05, 4.69) is 38.8 Å². The molecule has 0 aromatic carbocycles. The van der Waals surface area contributed by atoms with Crippen molar-refractivity contribution in [1.29, 1.82) is 0 Å². The highest BCUT2D eigenvalue weighted by Crippen LogP contribution is 2.39. The first-order valence-corrected chi connectivity index (χ1v) is 11.2. The Bertz CT molecular complexity index is 321. The summed E-state index contributed by atoms with van der Waals surface area (Å²) in [5, 5.41) is 11.0. The van der Waals surface area contributed by atoms with Crippen LogP contribution in [0.25, 0.3) is 0 Å².